The summed E-state index contributed by atoms with van der Waals surface area (Å²) in [6.07, 6.45) is 0. The van der Waals surface area contributed by atoms with Crippen molar-refractivity contribution in [3.05, 3.63) is 43.8 Å². The third-order valence-electron chi connectivity index (χ3n) is 2.84. The number of nitrogens with zero attached hydrogens (tertiary/aromatic N) is 1. The topological polar surface area (TPSA) is 68.0 Å². The fraction of sp³-hybridized carbons (Fsp3) is 0.286. The second kappa shape index (κ2) is 6.03. The van der Waals surface area contributed by atoms with Crippen LogP contribution in [0.1, 0.15) is 39.6 Å². The van der Waals surface area contributed by atoms with Gasteiger partial charge in [0, 0.05) is 15.5 Å². The molecule has 3 N–H and O–H groups in total. The van der Waals surface area contributed by atoms with Crippen LogP contribution in [0.25, 0.3) is 0 Å². The number of rotatable bonds is 3. The fourth-order valence-corrected chi connectivity index (χ4v) is 2.80. The number of halogens is 1. The zero-order valence-electron chi connectivity index (χ0n) is 11.5. The Morgan fingerprint density at radius 3 is 2.50 bits per heavy atom. The minimum absolute atomic E-state index is 0.154. The van der Waals surface area contributed by atoms with Crippen molar-refractivity contribution in [2.24, 2.45) is 5.73 Å². The second-order valence-electron chi connectivity index (χ2n) is 4.74. The van der Waals surface area contributed by atoms with Crippen molar-refractivity contribution in [2.75, 3.05) is 5.32 Å². The molecule has 2 aromatic rings. The third kappa shape index (κ3) is 3.26. The Balaban J connectivity index is 2.19. The zero-order valence-corrected chi connectivity index (χ0v) is 13.9. The van der Waals surface area contributed by atoms with Crippen molar-refractivity contribution in [3.63, 3.8) is 0 Å². The monoisotopic (exact) mass is 353 g/mol. The lowest BCUT2D eigenvalue weighted by molar-refractivity contribution is 0.102. The van der Waals surface area contributed by atoms with Crippen LogP contribution in [0.3, 0.4) is 0 Å². The molecule has 0 aliphatic heterocycles. The molecule has 2 rings (SSSR count). The summed E-state index contributed by atoms with van der Waals surface area (Å²) in [5.41, 5.74) is 9.07. The third-order valence-corrected chi connectivity index (χ3v) is 5.13. The first-order chi connectivity index (χ1) is 9.38. The molecule has 1 aromatic heterocycles. The molecule has 106 valence electrons. The summed E-state index contributed by atoms with van der Waals surface area (Å²) in [4.78, 5) is 16.4. The molecule has 0 saturated heterocycles. The Morgan fingerprint density at radius 2 is 2.00 bits per heavy atom. The summed E-state index contributed by atoms with van der Waals surface area (Å²) in [6, 6.07) is 3.69. The zero-order chi connectivity index (χ0) is 14.9. The van der Waals surface area contributed by atoms with Gasteiger partial charge in [0.2, 0.25) is 0 Å². The van der Waals surface area contributed by atoms with Crippen LogP contribution >= 0.6 is 27.3 Å². The van der Waals surface area contributed by atoms with Crippen LogP contribution in [-0.4, -0.2) is 10.9 Å². The molecule has 1 unspecified atom stereocenters. The van der Waals surface area contributed by atoms with Gasteiger partial charge in [-0.25, -0.2) is 4.98 Å². The van der Waals surface area contributed by atoms with Crippen molar-refractivity contribution < 1.29 is 4.79 Å². The Labute approximate surface area is 130 Å². The molecule has 0 bridgehead atoms. The Hall–Kier alpha value is -1.24. The molecule has 1 atom stereocenters. The minimum Gasteiger partial charge on any atom is -0.322 e. The Morgan fingerprint density at radius 1 is 1.40 bits per heavy atom. The predicted octanol–water partition coefficient (Wildman–Crippen LogP) is 3.79. The van der Waals surface area contributed by atoms with Crippen molar-refractivity contribution in [2.45, 2.75) is 26.8 Å². The largest absolute Gasteiger partial charge is 0.322 e. The second-order valence-corrected chi connectivity index (χ2v) is 6.42. The number of nitrogens with one attached hydrogen (secondary N) is 1. The van der Waals surface area contributed by atoms with E-state index in [9.17, 15) is 4.79 Å². The van der Waals surface area contributed by atoms with E-state index in [1.165, 1.54) is 11.3 Å². The van der Waals surface area contributed by atoms with Crippen molar-refractivity contribution in [3.8, 4) is 0 Å². The van der Waals surface area contributed by atoms with Crippen LogP contribution in [0, 0.1) is 13.8 Å². The fourth-order valence-electron chi connectivity index (χ4n) is 1.81. The number of hydrogen-bond donors (Lipinski definition) is 2. The lowest BCUT2D eigenvalue weighted by Crippen LogP contribution is -2.13. The molecule has 4 nitrogen and oxygen atoms in total. The minimum atomic E-state index is -0.214. The first-order valence-corrected chi connectivity index (χ1v) is 7.85. The smallest absolute Gasteiger partial charge is 0.275 e. The Kier molecular flexibility index (Phi) is 4.57. The van der Waals surface area contributed by atoms with Crippen LogP contribution in [0.5, 0.6) is 0 Å². The molecule has 0 fully saturated rings. The molecule has 0 saturated carbocycles. The van der Waals surface area contributed by atoms with Crippen molar-refractivity contribution in [1.29, 1.82) is 0 Å². The SMILES string of the molecule is Cc1cc(NC(=O)c2csc(C(C)N)n2)cc(C)c1Br. The van der Waals surface area contributed by atoms with Crippen LogP contribution in [0.15, 0.2) is 22.0 Å². The van der Waals surface area contributed by atoms with Gasteiger partial charge in [0.15, 0.2) is 0 Å². The molecule has 6 heteroatoms. The van der Waals surface area contributed by atoms with Crippen LogP contribution in [0.4, 0.5) is 5.69 Å². The van der Waals surface area contributed by atoms with Gasteiger partial charge in [0.05, 0.1) is 6.04 Å². The van der Waals surface area contributed by atoms with Crippen LogP contribution in [-0.2, 0) is 0 Å². The maximum atomic E-state index is 12.1. The summed E-state index contributed by atoms with van der Waals surface area (Å²) >= 11 is 4.91. The average molecular weight is 354 g/mol. The Bertz CT molecular complexity index is 629. The number of aromatic nitrogens is 1. The number of nitrogens with two attached hydrogens (primary N) is 1. The molecule has 0 aliphatic rings. The summed E-state index contributed by atoms with van der Waals surface area (Å²) < 4.78 is 1.06. The molecule has 1 amide bonds. The maximum Gasteiger partial charge on any atom is 0.275 e. The number of thiazole rings is 1. The summed E-state index contributed by atoms with van der Waals surface area (Å²) in [7, 11) is 0. The highest BCUT2D eigenvalue weighted by Gasteiger charge is 2.13. The average Bonchev–Trinajstić information content (AvgIpc) is 2.85. The standard InChI is InChI=1S/C14H16BrN3OS/c1-7-4-10(5-8(2)12(7)15)17-13(19)11-6-20-14(18-11)9(3)16/h4-6,9H,16H2,1-3H3,(H,17,19). The molecule has 20 heavy (non-hydrogen) atoms. The van der Waals surface area contributed by atoms with Gasteiger partial charge in [-0.2, -0.15) is 0 Å². The van der Waals surface area contributed by atoms with Gasteiger partial charge >= 0.3 is 0 Å². The van der Waals surface area contributed by atoms with Crippen LogP contribution < -0.4 is 11.1 Å². The van der Waals surface area contributed by atoms with Gasteiger partial charge in [0.1, 0.15) is 10.7 Å². The van der Waals surface area contributed by atoms with E-state index < -0.39 is 0 Å². The van der Waals surface area contributed by atoms with Crippen molar-refractivity contribution >= 4 is 38.9 Å². The van der Waals surface area contributed by atoms with E-state index >= 15 is 0 Å². The summed E-state index contributed by atoms with van der Waals surface area (Å²) in [5, 5.41) is 5.35. The first-order valence-electron chi connectivity index (χ1n) is 6.17. The van der Waals surface area contributed by atoms with E-state index in [2.05, 4.69) is 26.2 Å². The molecular formula is C14H16BrN3OS. The molecule has 0 spiro atoms. The highest BCUT2D eigenvalue weighted by Crippen LogP contribution is 2.25. The number of benzene rings is 1. The van der Waals surface area contributed by atoms with Crippen molar-refractivity contribution in [1.82, 2.24) is 4.98 Å². The van der Waals surface area contributed by atoms with E-state index in [0.29, 0.717) is 5.69 Å². The quantitative estimate of drug-likeness (QED) is 0.881. The van der Waals surface area contributed by atoms with E-state index in [1.54, 1.807) is 5.38 Å². The molecule has 0 radical (unpaired) electrons. The highest BCUT2D eigenvalue weighted by molar-refractivity contribution is 9.10. The van der Waals surface area contributed by atoms with Gasteiger partial charge in [-0.1, -0.05) is 15.9 Å². The normalized spacial score (nSPS) is 12.2. The number of carbonyl (C=O) groups excluding carboxylic acids is 1. The van der Waals surface area contributed by atoms with Gasteiger partial charge in [-0.05, 0) is 44.0 Å². The number of carbonyl (C=O) groups is 1. The molecular weight excluding hydrogens is 338 g/mol. The van der Waals surface area contributed by atoms with E-state index in [-0.39, 0.29) is 11.9 Å². The van der Waals surface area contributed by atoms with Gasteiger partial charge in [-0.3, -0.25) is 4.79 Å². The number of hydrogen-bond acceptors (Lipinski definition) is 4. The van der Waals surface area contributed by atoms with Gasteiger partial charge in [-0.15, -0.1) is 11.3 Å². The van der Waals surface area contributed by atoms with E-state index in [4.69, 9.17) is 5.73 Å². The predicted molar refractivity (Wildman–Crippen MR) is 86.3 cm³/mol. The molecule has 0 aliphatic carbocycles. The van der Waals surface area contributed by atoms with Gasteiger partial charge < -0.3 is 11.1 Å². The lowest BCUT2D eigenvalue weighted by atomic mass is 10.1. The first kappa shape index (κ1) is 15.2. The van der Waals surface area contributed by atoms with Crippen LogP contribution in [0.2, 0.25) is 0 Å². The number of anilines is 1. The highest BCUT2D eigenvalue weighted by atomic mass is 79.9. The maximum absolute atomic E-state index is 12.1. The van der Waals surface area contributed by atoms with E-state index in [1.807, 2.05) is 32.9 Å². The summed E-state index contributed by atoms with van der Waals surface area (Å²) in [5.74, 6) is -0.214. The number of aryl methyl sites for hydroxylation is 2. The molecule has 1 aromatic carbocycles. The summed E-state index contributed by atoms with van der Waals surface area (Å²) in [6.45, 7) is 5.83. The molecule has 1 heterocycles. The van der Waals surface area contributed by atoms with Gasteiger partial charge in [0.25, 0.3) is 5.91 Å². The lowest BCUT2D eigenvalue weighted by Gasteiger charge is -2.08. The van der Waals surface area contributed by atoms with E-state index in [0.717, 1.165) is 26.3 Å². The number of amides is 1.